The van der Waals surface area contributed by atoms with Crippen molar-refractivity contribution in [2.45, 2.75) is 30.1 Å². The number of nitrogens with zero attached hydrogens (tertiary/aromatic N) is 1. The van der Waals surface area contributed by atoms with Crippen molar-refractivity contribution in [1.82, 2.24) is 15.5 Å². The second-order valence-electron chi connectivity index (χ2n) is 4.43. The highest BCUT2D eigenvalue weighted by Crippen LogP contribution is 2.26. The molecule has 0 bridgehead atoms. The van der Waals surface area contributed by atoms with Crippen molar-refractivity contribution in [3.05, 3.63) is 0 Å². The van der Waals surface area contributed by atoms with Gasteiger partial charge in [-0.2, -0.15) is 0 Å². The summed E-state index contributed by atoms with van der Waals surface area (Å²) in [5.74, 6) is -0.258. The second kappa shape index (κ2) is 4.29. The van der Waals surface area contributed by atoms with E-state index in [0.29, 0.717) is 25.9 Å². The Hall–Kier alpha value is -1.11. The summed E-state index contributed by atoms with van der Waals surface area (Å²) < 4.78 is 0. The average Bonchev–Trinajstić information content (AvgIpc) is 2.54. The van der Waals surface area contributed by atoms with Crippen molar-refractivity contribution >= 4 is 33.8 Å². The first-order valence-corrected chi connectivity index (χ1v) is 6.43. The number of imide groups is 1. The van der Waals surface area contributed by atoms with Crippen LogP contribution in [0.5, 0.6) is 0 Å². The van der Waals surface area contributed by atoms with E-state index in [-0.39, 0.29) is 16.6 Å². The molecule has 6 nitrogen and oxygen atoms in total. The molecule has 0 aromatic rings. The lowest BCUT2D eigenvalue weighted by atomic mass is 9.87. The van der Waals surface area contributed by atoms with Gasteiger partial charge >= 0.3 is 6.03 Å². The lowest BCUT2D eigenvalue weighted by molar-refractivity contribution is -0.135. The Morgan fingerprint density at radius 3 is 2.41 bits per heavy atom. The Morgan fingerprint density at radius 1 is 1.41 bits per heavy atom. The Bertz CT molecular complexity index is 375. The van der Waals surface area contributed by atoms with Gasteiger partial charge in [0, 0.05) is 13.1 Å². The molecule has 0 saturated carbocycles. The number of amides is 4. The van der Waals surface area contributed by atoms with Crippen molar-refractivity contribution in [3.8, 4) is 0 Å². The molecular weight excluding hydrogens is 290 g/mol. The summed E-state index contributed by atoms with van der Waals surface area (Å²) in [6.07, 6.45) is 0.937. The molecule has 0 radical (unpaired) electrons. The van der Waals surface area contributed by atoms with Crippen LogP contribution in [0, 0.1) is 0 Å². The van der Waals surface area contributed by atoms with Gasteiger partial charge in [-0.3, -0.25) is 14.9 Å². The third kappa shape index (κ3) is 2.15. The molecule has 7 heteroatoms. The SMILES string of the molecule is CC(Br)C(=O)N1CCC2(CC1)NC(=O)NC2=O. The maximum Gasteiger partial charge on any atom is 0.322 e. The van der Waals surface area contributed by atoms with Crippen molar-refractivity contribution in [3.63, 3.8) is 0 Å². The van der Waals surface area contributed by atoms with E-state index in [1.165, 1.54) is 0 Å². The molecule has 2 fully saturated rings. The number of urea groups is 1. The molecule has 4 amide bonds. The van der Waals surface area contributed by atoms with Crippen molar-refractivity contribution in [2.24, 2.45) is 0 Å². The lowest BCUT2D eigenvalue weighted by Gasteiger charge is -2.37. The predicted octanol–water partition coefficient (Wildman–Crippen LogP) is -0.0296. The monoisotopic (exact) mass is 303 g/mol. The smallest absolute Gasteiger partial charge is 0.322 e. The van der Waals surface area contributed by atoms with Crippen molar-refractivity contribution in [1.29, 1.82) is 0 Å². The summed E-state index contributed by atoms with van der Waals surface area (Å²) in [6, 6.07) is -0.441. The van der Waals surface area contributed by atoms with Gasteiger partial charge in [0.15, 0.2) is 0 Å². The molecule has 0 aromatic carbocycles. The zero-order valence-corrected chi connectivity index (χ0v) is 11.0. The van der Waals surface area contributed by atoms with E-state index in [2.05, 4.69) is 26.6 Å². The van der Waals surface area contributed by atoms with Crippen LogP contribution in [0.3, 0.4) is 0 Å². The van der Waals surface area contributed by atoms with Crippen LogP contribution in [-0.4, -0.2) is 46.2 Å². The highest BCUT2D eigenvalue weighted by molar-refractivity contribution is 9.10. The van der Waals surface area contributed by atoms with E-state index in [1.807, 2.05) is 0 Å². The molecule has 1 spiro atoms. The van der Waals surface area contributed by atoms with Crippen molar-refractivity contribution < 1.29 is 14.4 Å². The van der Waals surface area contributed by atoms with Gasteiger partial charge in [0.1, 0.15) is 5.54 Å². The van der Waals surface area contributed by atoms with Crippen molar-refractivity contribution in [2.75, 3.05) is 13.1 Å². The molecule has 0 aromatic heterocycles. The minimum Gasteiger partial charge on any atom is -0.342 e. The zero-order chi connectivity index (χ0) is 12.6. The molecule has 17 heavy (non-hydrogen) atoms. The predicted molar refractivity (Wildman–Crippen MR) is 63.6 cm³/mol. The standard InChI is InChI=1S/C10H14BrN3O3/c1-6(11)7(15)14-4-2-10(3-5-14)8(16)12-9(17)13-10/h6H,2-5H2,1H3,(H2,12,13,16,17). The molecular formula is C10H14BrN3O3. The van der Waals surface area contributed by atoms with E-state index in [0.717, 1.165) is 0 Å². The lowest BCUT2D eigenvalue weighted by Crippen LogP contribution is -2.56. The number of hydrogen-bond acceptors (Lipinski definition) is 3. The molecule has 0 aliphatic carbocycles. The van der Waals surface area contributed by atoms with Gasteiger partial charge in [-0.15, -0.1) is 0 Å². The van der Waals surface area contributed by atoms with E-state index >= 15 is 0 Å². The Labute approximate surface area is 107 Å². The number of hydrogen-bond donors (Lipinski definition) is 2. The van der Waals surface area contributed by atoms with Gasteiger partial charge in [-0.05, 0) is 19.8 Å². The van der Waals surface area contributed by atoms with Crippen LogP contribution in [0.2, 0.25) is 0 Å². The summed E-state index contributed by atoms with van der Waals surface area (Å²) in [5.41, 5.74) is -0.802. The molecule has 2 saturated heterocycles. The van der Waals surface area contributed by atoms with Gasteiger partial charge in [0.2, 0.25) is 5.91 Å². The number of rotatable bonds is 1. The number of likely N-dealkylation sites (tertiary alicyclic amines) is 1. The molecule has 2 aliphatic heterocycles. The molecule has 2 N–H and O–H groups in total. The van der Waals surface area contributed by atoms with E-state index < -0.39 is 11.6 Å². The third-order valence-corrected chi connectivity index (χ3v) is 3.68. The van der Waals surface area contributed by atoms with Crippen LogP contribution < -0.4 is 10.6 Å². The van der Waals surface area contributed by atoms with E-state index in [9.17, 15) is 14.4 Å². The normalized spacial score (nSPS) is 24.5. The fourth-order valence-corrected chi connectivity index (χ4v) is 2.53. The largest absolute Gasteiger partial charge is 0.342 e. The van der Waals surface area contributed by atoms with Gasteiger partial charge in [0.25, 0.3) is 5.91 Å². The van der Waals surface area contributed by atoms with Crippen LogP contribution in [0.25, 0.3) is 0 Å². The summed E-state index contributed by atoms with van der Waals surface area (Å²) in [4.78, 5) is 36.0. The quantitative estimate of drug-likeness (QED) is 0.527. The van der Waals surface area contributed by atoms with Gasteiger partial charge in [0.05, 0.1) is 4.83 Å². The highest BCUT2D eigenvalue weighted by Gasteiger charge is 2.48. The number of nitrogens with one attached hydrogen (secondary N) is 2. The minimum absolute atomic E-state index is 0.0181. The minimum atomic E-state index is -0.802. The summed E-state index contributed by atoms with van der Waals surface area (Å²) in [5, 5.41) is 4.90. The third-order valence-electron chi connectivity index (χ3n) is 3.28. The first-order valence-electron chi connectivity index (χ1n) is 5.51. The number of alkyl halides is 1. The molecule has 1 atom stereocenters. The number of carbonyl (C=O) groups excluding carboxylic acids is 3. The zero-order valence-electron chi connectivity index (χ0n) is 9.46. The van der Waals surface area contributed by atoms with Crippen LogP contribution >= 0.6 is 15.9 Å². The summed E-state index contributed by atoms with van der Waals surface area (Å²) in [7, 11) is 0. The maximum absolute atomic E-state index is 11.7. The molecule has 2 aliphatic rings. The first-order chi connectivity index (χ1) is 7.94. The summed E-state index contributed by atoms with van der Waals surface area (Å²) >= 11 is 3.23. The Balaban J connectivity index is 2.01. The van der Waals surface area contributed by atoms with Gasteiger partial charge in [-0.25, -0.2) is 4.79 Å². The number of halogens is 1. The fourth-order valence-electron chi connectivity index (χ4n) is 2.24. The molecule has 2 heterocycles. The highest BCUT2D eigenvalue weighted by atomic mass is 79.9. The van der Waals surface area contributed by atoms with Gasteiger partial charge < -0.3 is 10.2 Å². The molecule has 1 unspecified atom stereocenters. The van der Waals surface area contributed by atoms with Crippen LogP contribution in [0.1, 0.15) is 19.8 Å². The Kier molecular flexibility index (Phi) is 3.11. The first kappa shape index (κ1) is 12.3. The molecule has 2 rings (SSSR count). The number of piperidine rings is 1. The fraction of sp³-hybridized carbons (Fsp3) is 0.700. The molecule has 94 valence electrons. The second-order valence-corrected chi connectivity index (χ2v) is 5.81. The van der Waals surface area contributed by atoms with Crippen LogP contribution in [0.15, 0.2) is 0 Å². The average molecular weight is 304 g/mol. The maximum atomic E-state index is 11.7. The summed E-state index contributed by atoms with van der Waals surface area (Å²) in [6.45, 7) is 2.75. The van der Waals surface area contributed by atoms with E-state index in [4.69, 9.17) is 0 Å². The van der Waals surface area contributed by atoms with Crippen LogP contribution in [-0.2, 0) is 9.59 Å². The van der Waals surface area contributed by atoms with E-state index in [1.54, 1.807) is 11.8 Å². The topological polar surface area (TPSA) is 78.5 Å². The Morgan fingerprint density at radius 2 is 2.00 bits per heavy atom. The number of carbonyl (C=O) groups is 3. The van der Waals surface area contributed by atoms with Gasteiger partial charge in [-0.1, -0.05) is 15.9 Å². The van der Waals surface area contributed by atoms with Crippen LogP contribution in [0.4, 0.5) is 4.79 Å².